The molecule has 32 heavy (non-hydrogen) atoms. The van der Waals surface area contributed by atoms with E-state index in [1.807, 2.05) is 55.5 Å². The summed E-state index contributed by atoms with van der Waals surface area (Å²) in [4.78, 5) is 0. The molecule has 1 aliphatic rings. The van der Waals surface area contributed by atoms with E-state index in [-0.39, 0.29) is 6.61 Å². The van der Waals surface area contributed by atoms with Gasteiger partial charge in [-0.05, 0) is 40.8 Å². The summed E-state index contributed by atoms with van der Waals surface area (Å²) in [6.07, 6.45) is 1.27. The Labute approximate surface area is 188 Å². The van der Waals surface area contributed by atoms with E-state index in [0.29, 0.717) is 38.4 Å². The highest BCUT2D eigenvalue weighted by molar-refractivity contribution is 7.81. The molecule has 0 saturated carbocycles. The number of hydroxylamine groups is 3. The van der Waals surface area contributed by atoms with Gasteiger partial charge in [0.05, 0.1) is 31.5 Å². The molecule has 4 rings (SSSR count). The van der Waals surface area contributed by atoms with Crippen molar-refractivity contribution in [2.75, 3.05) is 38.0 Å². The van der Waals surface area contributed by atoms with Gasteiger partial charge in [-0.15, -0.1) is 0 Å². The molecule has 1 saturated heterocycles. The van der Waals surface area contributed by atoms with Gasteiger partial charge < -0.3 is 4.74 Å². The van der Waals surface area contributed by atoms with Gasteiger partial charge in [-0.3, -0.25) is 10.3 Å². The number of hydrogen-bond donors (Lipinski definition) is 1. The third-order valence-corrected chi connectivity index (χ3v) is 6.33. The zero-order valence-corrected chi connectivity index (χ0v) is 18.8. The fourth-order valence-corrected chi connectivity index (χ4v) is 4.66. The number of hydrogen-bond acceptors (Lipinski definition) is 8. The molecule has 0 bridgehead atoms. The van der Waals surface area contributed by atoms with Crippen LogP contribution in [0.5, 0.6) is 0 Å². The second-order valence-corrected chi connectivity index (χ2v) is 8.99. The number of nitrogens with zero attached hydrogens (tertiary/aromatic N) is 2. The smallest absolute Gasteiger partial charge is 0.379 e. The van der Waals surface area contributed by atoms with E-state index in [1.54, 1.807) is 0 Å². The molecule has 0 aliphatic carbocycles. The van der Waals surface area contributed by atoms with Gasteiger partial charge >= 0.3 is 10.4 Å². The zero-order chi connectivity index (χ0) is 22.6. The lowest BCUT2D eigenvalue weighted by Crippen LogP contribution is -2.40. The van der Waals surface area contributed by atoms with Crippen LogP contribution < -0.4 is 5.06 Å². The first-order chi connectivity index (χ1) is 15.5. The van der Waals surface area contributed by atoms with Gasteiger partial charge in [0, 0.05) is 18.5 Å². The molecule has 172 valence electrons. The van der Waals surface area contributed by atoms with Crippen molar-refractivity contribution in [1.29, 1.82) is 0 Å². The largest absolute Gasteiger partial charge is 0.416 e. The van der Waals surface area contributed by atoms with Gasteiger partial charge in [0.1, 0.15) is 0 Å². The summed E-state index contributed by atoms with van der Waals surface area (Å²) in [5.41, 5.74) is 0.599. The van der Waals surface area contributed by atoms with Crippen LogP contribution in [0.3, 0.4) is 0 Å². The van der Waals surface area contributed by atoms with Crippen molar-refractivity contribution < 1.29 is 26.8 Å². The molecule has 9 heteroatoms. The molecule has 1 atom stereocenters. The monoisotopic (exact) mass is 460 g/mol. The molecular formula is C23H28N2O6S. The highest BCUT2D eigenvalue weighted by atomic mass is 32.3. The van der Waals surface area contributed by atoms with Crippen molar-refractivity contribution in [3.8, 4) is 0 Å². The lowest BCUT2D eigenvalue weighted by molar-refractivity contribution is -0.121. The Kier molecular flexibility index (Phi) is 7.24. The highest BCUT2D eigenvalue weighted by Crippen LogP contribution is 2.31. The lowest BCUT2D eigenvalue weighted by Gasteiger charge is -2.29. The Morgan fingerprint density at radius 2 is 1.75 bits per heavy atom. The Hall–Kier alpha value is -2.27. The molecule has 1 heterocycles. The van der Waals surface area contributed by atoms with Gasteiger partial charge in [-0.25, -0.2) is 4.18 Å². The number of ether oxygens (including phenoxy) is 1. The summed E-state index contributed by atoms with van der Waals surface area (Å²) in [7, 11) is -4.25. The molecule has 1 aliphatic heterocycles. The minimum atomic E-state index is -4.25. The number of morpholine rings is 1. The molecular weight excluding hydrogens is 432 g/mol. The van der Waals surface area contributed by atoms with Crippen molar-refractivity contribution in [3.05, 3.63) is 54.6 Å². The summed E-state index contributed by atoms with van der Waals surface area (Å²) in [6, 6.07) is 17.3. The molecule has 1 N–H and O–H groups in total. The lowest BCUT2D eigenvalue weighted by atomic mass is 10.0. The maximum Gasteiger partial charge on any atom is 0.416 e. The van der Waals surface area contributed by atoms with Gasteiger partial charge in [-0.1, -0.05) is 49.7 Å². The standard InChI is InChI=1S/C23H28N2O6S/c1-2-6-21(17-30-32(27,28)31-24-11-13-29-14-12-24)25(26)23-10-5-9-20-15-18-7-3-4-8-19(18)16-22(20)23/h3-5,7-10,15-16,21,26H,2,6,11-14,17H2,1H3. The Morgan fingerprint density at radius 1 is 1.06 bits per heavy atom. The van der Waals surface area contributed by atoms with Gasteiger partial charge in [0.15, 0.2) is 0 Å². The summed E-state index contributed by atoms with van der Waals surface area (Å²) in [5.74, 6) is 0. The molecule has 0 spiro atoms. The molecule has 3 aromatic carbocycles. The Morgan fingerprint density at radius 3 is 2.47 bits per heavy atom. The third-order valence-electron chi connectivity index (χ3n) is 5.51. The average molecular weight is 461 g/mol. The van der Waals surface area contributed by atoms with Crippen LogP contribution in [0, 0.1) is 0 Å². The van der Waals surface area contributed by atoms with Crippen LogP contribution in [-0.4, -0.2) is 57.6 Å². The van der Waals surface area contributed by atoms with Crippen molar-refractivity contribution in [2.24, 2.45) is 0 Å². The predicted octanol–water partition coefficient (Wildman–Crippen LogP) is 3.88. The fourth-order valence-electron chi connectivity index (χ4n) is 3.89. The first-order valence-corrected chi connectivity index (χ1v) is 12.1. The second kappa shape index (κ2) is 10.1. The molecule has 1 fully saturated rings. The molecule has 0 amide bonds. The first kappa shape index (κ1) is 22.9. The highest BCUT2D eigenvalue weighted by Gasteiger charge is 2.25. The molecule has 1 unspecified atom stereocenters. The first-order valence-electron chi connectivity index (χ1n) is 10.8. The van der Waals surface area contributed by atoms with E-state index in [9.17, 15) is 13.6 Å². The van der Waals surface area contributed by atoms with E-state index in [2.05, 4.69) is 6.07 Å². The minimum Gasteiger partial charge on any atom is -0.379 e. The summed E-state index contributed by atoms with van der Waals surface area (Å²) in [5, 5.41) is 17.5. The normalized spacial score (nSPS) is 16.4. The van der Waals surface area contributed by atoms with Crippen LogP contribution >= 0.6 is 0 Å². The van der Waals surface area contributed by atoms with Crippen LogP contribution in [0.4, 0.5) is 5.69 Å². The Balaban J connectivity index is 1.54. The quantitative estimate of drug-likeness (QED) is 0.380. The Bertz CT molecular complexity index is 1160. The van der Waals surface area contributed by atoms with Gasteiger partial charge in [-0.2, -0.15) is 17.8 Å². The number of fused-ring (bicyclic) bond motifs is 2. The topological polar surface area (TPSA) is 88.5 Å². The van der Waals surface area contributed by atoms with Crippen LogP contribution in [0.15, 0.2) is 54.6 Å². The summed E-state index contributed by atoms with van der Waals surface area (Å²) < 4.78 is 39.9. The average Bonchev–Trinajstić information content (AvgIpc) is 2.80. The fraction of sp³-hybridized carbons (Fsp3) is 0.391. The molecule has 0 aromatic heterocycles. The van der Waals surface area contributed by atoms with Crippen LogP contribution in [0.25, 0.3) is 21.5 Å². The third kappa shape index (κ3) is 5.37. The predicted molar refractivity (Wildman–Crippen MR) is 123 cm³/mol. The van der Waals surface area contributed by atoms with Crippen molar-refractivity contribution in [3.63, 3.8) is 0 Å². The zero-order valence-electron chi connectivity index (χ0n) is 18.0. The van der Waals surface area contributed by atoms with Crippen LogP contribution in [-0.2, 0) is 23.6 Å². The van der Waals surface area contributed by atoms with Gasteiger partial charge in [0.2, 0.25) is 0 Å². The van der Waals surface area contributed by atoms with Crippen molar-refractivity contribution in [2.45, 2.75) is 25.8 Å². The van der Waals surface area contributed by atoms with E-state index >= 15 is 0 Å². The van der Waals surface area contributed by atoms with E-state index in [0.717, 1.165) is 33.0 Å². The molecule has 0 radical (unpaired) electrons. The number of rotatable bonds is 9. The number of anilines is 1. The maximum absolute atomic E-state index is 12.3. The van der Waals surface area contributed by atoms with E-state index < -0.39 is 16.4 Å². The summed E-state index contributed by atoms with van der Waals surface area (Å²) in [6.45, 7) is 3.22. The second-order valence-electron chi connectivity index (χ2n) is 7.79. The molecule has 3 aromatic rings. The SMILES string of the molecule is CCCC(COS(=O)(=O)ON1CCOCC1)N(O)c1cccc2cc3ccccc3cc12. The van der Waals surface area contributed by atoms with E-state index in [4.69, 9.17) is 13.2 Å². The van der Waals surface area contributed by atoms with Crippen LogP contribution in [0.2, 0.25) is 0 Å². The van der Waals surface area contributed by atoms with Crippen LogP contribution in [0.1, 0.15) is 19.8 Å². The van der Waals surface area contributed by atoms with Gasteiger partial charge in [0.25, 0.3) is 0 Å². The number of benzene rings is 3. The molecule has 8 nitrogen and oxygen atoms in total. The maximum atomic E-state index is 12.3. The minimum absolute atomic E-state index is 0.235. The van der Waals surface area contributed by atoms with Crippen molar-refractivity contribution in [1.82, 2.24) is 5.06 Å². The summed E-state index contributed by atoms with van der Waals surface area (Å²) >= 11 is 0. The van der Waals surface area contributed by atoms with Crippen molar-refractivity contribution >= 4 is 37.6 Å². The van der Waals surface area contributed by atoms with E-state index in [1.165, 1.54) is 5.06 Å².